The van der Waals surface area contributed by atoms with Gasteiger partial charge in [0.25, 0.3) is 0 Å². The van der Waals surface area contributed by atoms with Crippen LogP contribution in [0.15, 0.2) is 41.3 Å². The van der Waals surface area contributed by atoms with Crippen molar-refractivity contribution in [2.24, 2.45) is 0 Å². The van der Waals surface area contributed by atoms with Crippen molar-refractivity contribution in [3.05, 3.63) is 52.0 Å². The van der Waals surface area contributed by atoms with Gasteiger partial charge < -0.3 is 0 Å². The molecular weight excluding hydrogens is 260 g/mol. The SMILES string of the molecule is CCC#CCn1ccc(-c2ccc(Cl)cc2)nc1=O. The number of halogens is 1. The maximum atomic E-state index is 11.8. The first-order valence-corrected chi connectivity index (χ1v) is 6.37. The van der Waals surface area contributed by atoms with Crippen molar-refractivity contribution in [3.8, 4) is 23.1 Å². The van der Waals surface area contributed by atoms with Crippen LogP contribution >= 0.6 is 11.6 Å². The molecule has 0 saturated heterocycles. The van der Waals surface area contributed by atoms with Crippen LogP contribution in [0.1, 0.15) is 13.3 Å². The van der Waals surface area contributed by atoms with Crippen LogP contribution in [0.25, 0.3) is 11.3 Å². The molecule has 19 heavy (non-hydrogen) atoms. The lowest BCUT2D eigenvalue weighted by atomic mass is 10.1. The van der Waals surface area contributed by atoms with Crippen LogP contribution in [0.5, 0.6) is 0 Å². The minimum absolute atomic E-state index is 0.294. The molecule has 0 radical (unpaired) electrons. The maximum Gasteiger partial charge on any atom is 0.348 e. The third kappa shape index (κ3) is 3.46. The molecule has 4 heteroatoms. The predicted octanol–water partition coefficient (Wildman–Crippen LogP) is 2.98. The Morgan fingerprint density at radius 3 is 2.58 bits per heavy atom. The van der Waals surface area contributed by atoms with Gasteiger partial charge in [-0.3, -0.25) is 4.57 Å². The number of rotatable bonds is 2. The van der Waals surface area contributed by atoms with Gasteiger partial charge in [-0.15, -0.1) is 5.92 Å². The van der Waals surface area contributed by atoms with Crippen LogP contribution in [0.2, 0.25) is 5.02 Å². The molecule has 0 N–H and O–H groups in total. The molecule has 0 aliphatic rings. The molecule has 96 valence electrons. The molecule has 1 aromatic heterocycles. The molecule has 0 fully saturated rings. The predicted molar refractivity (Wildman–Crippen MR) is 77.0 cm³/mol. The van der Waals surface area contributed by atoms with E-state index in [1.54, 1.807) is 24.4 Å². The monoisotopic (exact) mass is 272 g/mol. The van der Waals surface area contributed by atoms with Gasteiger partial charge in [0, 0.05) is 23.2 Å². The molecule has 0 aliphatic carbocycles. The highest BCUT2D eigenvalue weighted by atomic mass is 35.5. The highest BCUT2D eigenvalue weighted by molar-refractivity contribution is 6.30. The van der Waals surface area contributed by atoms with Gasteiger partial charge >= 0.3 is 5.69 Å². The van der Waals surface area contributed by atoms with Crippen molar-refractivity contribution in [3.63, 3.8) is 0 Å². The minimum atomic E-state index is -0.294. The maximum absolute atomic E-state index is 11.8. The molecule has 0 spiro atoms. The normalized spacial score (nSPS) is 9.79. The Kier molecular flexibility index (Phi) is 4.38. The zero-order valence-corrected chi connectivity index (χ0v) is 11.3. The van der Waals surface area contributed by atoms with E-state index >= 15 is 0 Å². The Hall–Kier alpha value is -2.05. The second-order valence-corrected chi connectivity index (χ2v) is 4.37. The van der Waals surface area contributed by atoms with Crippen molar-refractivity contribution in [1.82, 2.24) is 9.55 Å². The number of nitrogens with zero attached hydrogens (tertiary/aromatic N) is 2. The van der Waals surface area contributed by atoms with E-state index < -0.39 is 0 Å². The quantitative estimate of drug-likeness (QED) is 0.788. The van der Waals surface area contributed by atoms with Crippen molar-refractivity contribution >= 4 is 11.6 Å². The van der Waals surface area contributed by atoms with Crippen molar-refractivity contribution in [1.29, 1.82) is 0 Å². The Balaban J connectivity index is 2.28. The molecule has 0 atom stereocenters. The van der Waals surface area contributed by atoms with Crippen LogP contribution in [-0.4, -0.2) is 9.55 Å². The highest BCUT2D eigenvalue weighted by Crippen LogP contribution is 2.18. The number of hydrogen-bond donors (Lipinski definition) is 0. The molecule has 3 nitrogen and oxygen atoms in total. The summed E-state index contributed by atoms with van der Waals surface area (Å²) in [5.41, 5.74) is 1.22. The van der Waals surface area contributed by atoms with Gasteiger partial charge in [0.2, 0.25) is 0 Å². The van der Waals surface area contributed by atoms with E-state index in [2.05, 4.69) is 16.8 Å². The second-order valence-electron chi connectivity index (χ2n) is 3.94. The van der Waals surface area contributed by atoms with E-state index in [-0.39, 0.29) is 5.69 Å². The minimum Gasteiger partial charge on any atom is -0.288 e. The number of aromatic nitrogens is 2. The topological polar surface area (TPSA) is 34.9 Å². The molecule has 1 aromatic carbocycles. The lowest BCUT2D eigenvalue weighted by Gasteiger charge is -2.03. The van der Waals surface area contributed by atoms with Crippen LogP contribution in [0, 0.1) is 11.8 Å². The summed E-state index contributed by atoms with van der Waals surface area (Å²) in [6.07, 6.45) is 2.49. The summed E-state index contributed by atoms with van der Waals surface area (Å²) in [4.78, 5) is 15.9. The van der Waals surface area contributed by atoms with Gasteiger partial charge in [0.05, 0.1) is 12.2 Å². The highest BCUT2D eigenvalue weighted by Gasteiger charge is 2.02. The van der Waals surface area contributed by atoms with E-state index in [1.807, 2.05) is 19.1 Å². The number of hydrogen-bond acceptors (Lipinski definition) is 2. The largest absolute Gasteiger partial charge is 0.348 e. The first-order chi connectivity index (χ1) is 9.20. The molecule has 0 unspecified atom stereocenters. The lowest BCUT2D eigenvalue weighted by molar-refractivity contribution is 0.759. The molecule has 0 aliphatic heterocycles. The van der Waals surface area contributed by atoms with E-state index in [0.717, 1.165) is 12.0 Å². The molecule has 0 amide bonds. The average molecular weight is 273 g/mol. The van der Waals surface area contributed by atoms with E-state index in [1.165, 1.54) is 4.57 Å². The summed E-state index contributed by atoms with van der Waals surface area (Å²) >= 11 is 5.83. The molecule has 1 heterocycles. The lowest BCUT2D eigenvalue weighted by Crippen LogP contribution is -2.22. The van der Waals surface area contributed by atoms with Crippen LogP contribution < -0.4 is 5.69 Å². The second kappa shape index (κ2) is 6.21. The zero-order chi connectivity index (χ0) is 13.7. The fourth-order valence-corrected chi connectivity index (χ4v) is 1.72. The van der Waals surface area contributed by atoms with Crippen LogP contribution in [0.3, 0.4) is 0 Å². The van der Waals surface area contributed by atoms with E-state index in [9.17, 15) is 4.79 Å². The van der Waals surface area contributed by atoms with Gasteiger partial charge in [-0.2, -0.15) is 4.98 Å². The molecule has 0 bridgehead atoms. The van der Waals surface area contributed by atoms with E-state index in [0.29, 0.717) is 17.3 Å². The summed E-state index contributed by atoms with van der Waals surface area (Å²) in [6.45, 7) is 2.35. The summed E-state index contributed by atoms with van der Waals surface area (Å²) in [7, 11) is 0. The Bertz CT molecular complexity index is 678. The smallest absolute Gasteiger partial charge is 0.288 e. The van der Waals surface area contributed by atoms with Gasteiger partial charge in [-0.1, -0.05) is 36.6 Å². The Labute approximate surface area is 116 Å². The van der Waals surface area contributed by atoms with Gasteiger partial charge in [-0.05, 0) is 18.2 Å². The van der Waals surface area contributed by atoms with Gasteiger partial charge in [-0.25, -0.2) is 4.79 Å². The molecule has 2 rings (SSSR count). The third-order valence-corrected chi connectivity index (χ3v) is 2.82. The van der Waals surface area contributed by atoms with Crippen molar-refractivity contribution < 1.29 is 0 Å². The van der Waals surface area contributed by atoms with Crippen molar-refractivity contribution in [2.75, 3.05) is 0 Å². The van der Waals surface area contributed by atoms with E-state index in [4.69, 9.17) is 11.6 Å². The molecular formula is C15H13ClN2O. The Morgan fingerprint density at radius 1 is 1.21 bits per heavy atom. The van der Waals surface area contributed by atoms with Crippen LogP contribution in [-0.2, 0) is 6.54 Å². The first kappa shape index (κ1) is 13.4. The fourth-order valence-electron chi connectivity index (χ4n) is 1.60. The third-order valence-electron chi connectivity index (χ3n) is 2.57. The standard InChI is InChI=1S/C15H13ClN2O/c1-2-3-4-10-18-11-9-14(17-15(18)19)12-5-7-13(16)8-6-12/h5-9,11H,2,10H2,1H3. The van der Waals surface area contributed by atoms with Crippen molar-refractivity contribution in [2.45, 2.75) is 19.9 Å². The van der Waals surface area contributed by atoms with Gasteiger partial charge in [0.15, 0.2) is 0 Å². The number of benzene rings is 1. The first-order valence-electron chi connectivity index (χ1n) is 6.00. The summed E-state index contributed by atoms with van der Waals surface area (Å²) < 4.78 is 1.49. The van der Waals surface area contributed by atoms with Gasteiger partial charge in [0.1, 0.15) is 0 Å². The molecule has 0 saturated carbocycles. The summed E-state index contributed by atoms with van der Waals surface area (Å²) in [6, 6.07) is 9.03. The summed E-state index contributed by atoms with van der Waals surface area (Å²) in [5, 5.41) is 0.659. The summed E-state index contributed by atoms with van der Waals surface area (Å²) in [5.74, 6) is 5.84. The fraction of sp³-hybridized carbons (Fsp3) is 0.200. The Morgan fingerprint density at radius 2 is 1.95 bits per heavy atom. The zero-order valence-electron chi connectivity index (χ0n) is 10.6. The molecule has 2 aromatic rings. The average Bonchev–Trinajstić information content (AvgIpc) is 2.42. The van der Waals surface area contributed by atoms with Crippen LogP contribution in [0.4, 0.5) is 0 Å².